The summed E-state index contributed by atoms with van der Waals surface area (Å²) >= 11 is 6.12. The van der Waals surface area contributed by atoms with E-state index in [1.807, 2.05) is 47.4 Å². The minimum atomic E-state index is 0.111. The Morgan fingerprint density at radius 1 is 1.04 bits per heavy atom. The first-order valence-corrected chi connectivity index (χ1v) is 8.27. The summed E-state index contributed by atoms with van der Waals surface area (Å²) in [4.78, 5) is 16.9. The van der Waals surface area contributed by atoms with E-state index in [9.17, 15) is 4.79 Å². The fourth-order valence-corrected chi connectivity index (χ4v) is 3.09. The van der Waals surface area contributed by atoms with Gasteiger partial charge in [0.25, 0.3) is 5.91 Å². The van der Waals surface area contributed by atoms with Crippen LogP contribution in [0.15, 0.2) is 42.5 Å². The number of hydrogen-bond donors (Lipinski definition) is 0. The zero-order valence-corrected chi connectivity index (χ0v) is 14.3. The van der Waals surface area contributed by atoms with E-state index in [1.54, 1.807) is 0 Å². The van der Waals surface area contributed by atoms with Gasteiger partial charge in [0, 0.05) is 36.8 Å². The highest BCUT2D eigenvalue weighted by molar-refractivity contribution is 6.30. The second-order valence-corrected chi connectivity index (χ2v) is 6.57. The van der Waals surface area contributed by atoms with Crippen LogP contribution >= 0.6 is 11.6 Å². The molecule has 0 radical (unpaired) electrons. The van der Waals surface area contributed by atoms with Crippen molar-refractivity contribution in [2.75, 3.05) is 33.2 Å². The van der Waals surface area contributed by atoms with Crippen LogP contribution in [-0.4, -0.2) is 48.9 Å². The average Bonchev–Trinajstić information content (AvgIpc) is 2.57. The first-order valence-electron chi connectivity index (χ1n) is 7.89. The number of rotatable bonds is 2. The van der Waals surface area contributed by atoms with Gasteiger partial charge < -0.3 is 9.80 Å². The van der Waals surface area contributed by atoms with Crippen molar-refractivity contribution in [3.8, 4) is 11.1 Å². The Morgan fingerprint density at radius 2 is 1.78 bits per heavy atom. The van der Waals surface area contributed by atoms with Gasteiger partial charge in [0.1, 0.15) is 0 Å². The van der Waals surface area contributed by atoms with Crippen molar-refractivity contribution in [3.63, 3.8) is 0 Å². The van der Waals surface area contributed by atoms with Crippen molar-refractivity contribution in [1.29, 1.82) is 0 Å². The summed E-state index contributed by atoms with van der Waals surface area (Å²) in [6, 6.07) is 13.7. The minimum absolute atomic E-state index is 0.111. The number of carbonyl (C=O) groups excluding carboxylic acids is 1. The molecule has 1 heterocycles. The Labute approximate surface area is 142 Å². The number of nitrogens with zero attached hydrogens (tertiary/aromatic N) is 2. The van der Waals surface area contributed by atoms with Gasteiger partial charge in [0.15, 0.2) is 0 Å². The van der Waals surface area contributed by atoms with Crippen molar-refractivity contribution in [3.05, 3.63) is 58.6 Å². The molecule has 1 amide bonds. The third-order valence-corrected chi connectivity index (χ3v) is 4.65. The number of hydrogen-bond acceptors (Lipinski definition) is 2. The zero-order valence-electron chi connectivity index (χ0n) is 13.6. The number of likely N-dealkylation sites (N-methyl/N-ethyl adjacent to an activating group) is 1. The average molecular weight is 329 g/mol. The van der Waals surface area contributed by atoms with Crippen LogP contribution in [0.5, 0.6) is 0 Å². The van der Waals surface area contributed by atoms with E-state index in [-0.39, 0.29) is 5.91 Å². The van der Waals surface area contributed by atoms with Crippen molar-refractivity contribution < 1.29 is 4.79 Å². The summed E-state index contributed by atoms with van der Waals surface area (Å²) in [6.07, 6.45) is 0. The van der Waals surface area contributed by atoms with Crippen molar-refractivity contribution in [2.24, 2.45) is 0 Å². The van der Waals surface area contributed by atoms with E-state index in [1.165, 1.54) is 0 Å². The van der Waals surface area contributed by atoms with Crippen LogP contribution in [0.25, 0.3) is 11.1 Å². The smallest absolute Gasteiger partial charge is 0.253 e. The molecule has 0 bridgehead atoms. The predicted octanol–water partition coefficient (Wildman–Crippen LogP) is 3.70. The number of benzene rings is 2. The summed E-state index contributed by atoms with van der Waals surface area (Å²) < 4.78 is 0. The molecule has 4 heteroatoms. The Morgan fingerprint density at radius 3 is 2.52 bits per heavy atom. The van der Waals surface area contributed by atoms with Crippen LogP contribution in [0.4, 0.5) is 0 Å². The highest BCUT2D eigenvalue weighted by atomic mass is 35.5. The third-order valence-electron chi connectivity index (χ3n) is 4.41. The minimum Gasteiger partial charge on any atom is -0.336 e. The van der Waals surface area contributed by atoms with Crippen LogP contribution in [0.2, 0.25) is 5.02 Å². The maximum Gasteiger partial charge on any atom is 0.253 e. The summed E-state index contributed by atoms with van der Waals surface area (Å²) in [5, 5.41) is 0.710. The topological polar surface area (TPSA) is 23.6 Å². The monoisotopic (exact) mass is 328 g/mol. The Hall–Kier alpha value is -1.84. The number of halogens is 1. The SMILES string of the molecule is Cc1ccc(Cl)cc1-c1cccc(C(=O)N2CCN(C)CC2)c1. The van der Waals surface area contributed by atoms with E-state index in [0.717, 1.165) is 48.4 Å². The highest BCUT2D eigenvalue weighted by Crippen LogP contribution is 2.27. The van der Waals surface area contributed by atoms with E-state index in [2.05, 4.69) is 18.9 Å². The lowest BCUT2D eigenvalue weighted by Gasteiger charge is -2.32. The Bertz CT molecular complexity index is 721. The van der Waals surface area contributed by atoms with E-state index in [0.29, 0.717) is 5.02 Å². The van der Waals surface area contributed by atoms with Gasteiger partial charge in [-0.3, -0.25) is 4.79 Å². The highest BCUT2D eigenvalue weighted by Gasteiger charge is 2.20. The lowest BCUT2D eigenvalue weighted by molar-refractivity contribution is 0.0664. The number of amides is 1. The van der Waals surface area contributed by atoms with Gasteiger partial charge >= 0.3 is 0 Å². The first kappa shape index (κ1) is 16.0. The lowest BCUT2D eigenvalue weighted by Crippen LogP contribution is -2.47. The Balaban J connectivity index is 1.88. The molecule has 0 unspecified atom stereocenters. The van der Waals surface area contributed by atoms with Gasteiger partial charge in [0.2, 0.25) is 0 Å². The molecule has 1 fully saturated rings. The van der Waals surface area contributed by atoms with Crippen molar-refractivity contribution in [2.45, 2.75) is 6.92 Å². The number of aryl methyl sites for hydroxylation is 1. The molecule has 1 aliphatic heterocycles. The maximum absolute atomic E-state index is 12.7. The summed E-state index contributed by atoms with van der Waals surface area (Å²) in [6.45, 7) is 5.49. The molecule has 0 N–H and O–H groups in total. The van der Waals surface area contributed by atoms with E-state index < -0.39 is 0 Å². The second kappa shape index (κ2) is 6.73. The molecule has 0 saturated carbocycles. The van der Waals surface area contributed by atoms with Crippen LogP contribution in [0, 0.1) is 6.92 Å². The molecule has 0 spiro atoms. The molecule has 23 heavy (non-hydrogen) atoms. The van der Waals surface area contributed by atoms with Gasteiger partial charge in [-0.1, -0.05) is 29.8 Å². The van der Waals surface area contributed by atoms with Gasteiger partial charge in [0.05, 0.1) is 0 Å². The number of carbonyl (C=O) groups is 1. The molecule has 3 nitrogen and oxygen atoms in total. The zero-order chi connectivity index (χ0) is 16.4. The van der Waals surface area contributed by atoms with Gasteiger partial charge in [-0.05, 0) is 54.9 Å². The quantitative estimate of drug-likeness (QED) is 0.839. The molecule has 0 aromatic heterocycles. The van der Waals surface area contributed by atoms with Gasteiger partial charge in [-0.25, -0.2) is 0 Å². The number of piperazine rings is 1. The van der Waals surface area contributed by atoms with Crippen LogP contribution < -0.4 is 0 Å². The van der Waals surface area contributed by atoms with Crippen LogP contribution in [0.3, 0.4) is 0 Å². The molecule has 2 aromatic rings. The lowest BCUT2D eigenvalue weighted by atomic mass is 9.98. The first-order chi connectivity index (χ1) is 11.0. The normalized spacial score (nSPS) is 15.7. The molecular formula is C19H21ClN2O. The molecule has 3 rings (SSSR count). The fourth-order valence-electron chi connectivity index (χ4n) is 2.92. The van der Waals surface area contributed by atoms with Crippen molar-refractivity contribution in [1.82, 2.24) is 9.80 Å². The molecule has 2 aromatic carbocycles. The third kappa shape index (κ3) is 3.57. The predicted molar refractivity (Wildman–Crippen MR) is 95.0 cm³/mol. The largest absolute Gasteiger partial charge is 0.336 e. The van der Waals surface area contributed by atoms with Gasteiger partial charge in [-0.15, -0.1) is 0 Å². The fraction of sp³-hybridized carbons (Fsp3) is 0.316. The van der Waals surface area contributed by atoms with E-state index >= 15 is 0 Å². The standard InChI is InChI=1S/C19H21ClN2O/c1-14-6-7-17(20)13-18(14)15-4-3-5-16(12-15)19(23)22-10-8-21(2)9-11-22/h3-7,12-13H,8-11H2,1-2H3. The van der Waals surface area contributed by atoms with Gasteiger partial charge in [-0.2, -0.15) is 0 Å². The van der Waals surface area contributed by atoms with Crippen LogP contribution in [0.1, 0.15) is 15.9 Å². The summed E-state index contributed by atoms with van der Waals surface area (Å²) in [5.74, 6) is 0.111. The molecular weight excluding hydrogens is 308 g/mol. The molecule has 1 aliphatic rings. The molecule has 1 saturated heterocycles. The second-order valence-electron chi connectivity index (χ2n) is 6.14. The summed E-state index contributed by atoms with van der Waals surface area (Å²) in [5.41, 5.74) is 4.00. The Kier molecular flexibility index (Phi) is 4.69. The molecule has 0 aliphatic carbocycles. The molecule has 0 atom stereocenters. The maximum atomic E-state index is 12.7. The summed E-state index contributed by atoms with van der Waals surface area (Å²) in [7, 11) is 2.09. The van der Waals surface area contributed by atoms with E-state index in [4.69, 9.17) is 11.6 Å². The van der Waals surface area contributed by atoms with Crippen LogP contribution in [-0.2, 0) is 0 Å². The van der Waals surface area contributed by atoms with Crippen molar-refractivity contribution >= 4 is 17.5 Å². The molecule has 120 valence electrons.